The van der Waals surface area contributed by atoms with Crippen LogP contribution in [-0.2, 0) is 47.9 Å². The minimum atomic E-state index is -1.56. The Labute approximate surface area is 431 Å². The van der Waals surface area contributed by atoms with E-state index in [1.807, 2.05) is 146 Å². The highest BCUT2D eigenvalue weighted by Crippen LogP contribution is 2.47. The fourth-order valence-electron chi connectivity index (χ4n) is 10.8. The Morgan fingerprint density at radius 1 is 0.347 bits per heavy atom. The van der Waals surface area contributed by atoms with Crippen molar-refractivity contribution in [2.75, 3.05) is 19.8 Å². The highest BCUT2D eigenvalue weighted by atomic mass is 16.6. The molecule has 10 rings (SSSR count). The normalized spacial score (nSPS) is 14.1. The third-order valence-corrected chi connectivity index (χ3v) is 14.2. The average molecular weight is 1010 g/mol. The molecule has 15 heteroatoms. The second-order valence-electron chi connectivity index (χ2n) is 18.9. The maximum atomic E-state index is 13.4. The van der Waals surface area contributed by atoms with Crippen molar-refractivity contribution >= 4 is 36.2 Å². The molecule has 0 unspecified atom stereocenters. The summed E-state index contributed by atoms with van der Waals surface area (Å²) in [7, 11) is 0. The summed E-state index contributed by atoms with van der Waals surface area (Å²) in [5.41, 5.74) is 12.7. The van der Waals surface area contributed by atoms with E-state index in [9.17, 15) is 44.1 Å². The summed E-state index contributed by atoms with van der Waals surface area (Å²) in [5.74, 6) is -5.10. The zero-order valence-corrected chi connectivity index (χ0v) is 40.3. The molecule has 0 fully saturated rings. The first-order valence-corrected chi connectivity index (χ1v) is 24.5. The minimum absolute atomic E-state index is 0.0770. The summed E-state index contributed by atoms with van der Waals surface area (Å²) in [4.78, 5) is 78.6. The number of hydrogen-bond donors (Lipinski definition) is 6. The van der Waals surface area contributed by atoms with Crippen LogP contribution in [0.4, 0.5) is 14.4 Å². The van der Waals surface area contributed by atoms with Crippen LogP contribution in [0.5, 0.6) is 0 Å². The number of ether oxygens (including phenoxy) is 3. The molecular formula is C60H51N3O12. The summed E-state index contributed by atoms with van der Waals surface area (Å²) < 4.78 is 17.0. The third-order valence-electron chi connectivity index (χ3n) is 14.2. The van der Waals surface area contributed by atoms with Crippen LogP contribution in [0.3, 0.4) is 0 Å². The van der Waals surface area contributed by atoms with Crippen LogP contribution < -0.4 is 16.0 Å². The molecule has 6 N–H and O–H groups in total. The predicted molar refractivity (Wildman–Crippen MR) is 276 cm³/mol. The second kappa shape index (κ2) is 21.5. The van der Waals surface area contributed by atoms with Gasteiger partial charge in [-0.2, -0.15) is 0 Å². The maximum absolute atomic E-state index is 13.4. The third kappa shape index (κ3) is 10.5. The Balaban J connectivity index is 0.855. The van der Waals surface area contributed by atoms with Crippen LogP contribution in [-0.4, -0.2) is 89.5 Å². The molecule has 0 heterocycles. The van der Waals surface area contributed by atoms with E-state index in [2.05, 4.69) is 16.0 Å². The lowest BCUT2D eigenvalue weighted by Crippen LogP contribution is -2.44. The van der Waals surface area contributed by atoms with Gasteiger partial charge in [-0.3, -0.25) is 0 Å². The number of amides is 3. The molecule has 0 aromatic heterocycles. The number of alkyl carbamates (subject to hydrolysis) is 3. The lowest BCUT2D eigenvalue weighted by molar-refractivity contribution is -0.140. The Hall–Kier alpha value is -9.24. The van der Waals surface area contributed by atoms with Gasteiger partial charge in [-0.15, -0.1) is 0 Å². The van der Waals surface area contributed by atoms with Gasteiger partial charge in [0.25, 0.3) is 0 Å². The molecule has 0 saturated carbocycles. The van der Waals surface area contributed by atoms with Crippen LogP contribution in [0.2, 0.25) is 0 Å². The van der Waals surface area contributed by atoms with E-state index >= 15 is 0 Å². The highest BCUT2D eigenvalue weighted by Gasteiger charge is 2.34. The number of carbonyl (C=O) groups is 6. The minimum Gasteiger partial charge on any atom is -0.480 e. The van der Waals surface area contributed by atoms with Gasteiger partial charge in [0.15, 0.2) is 0 Å². The number of aliphatic carboxylic acids is 3. The predicted octanol–water partition coefficient (Wildman–Crippen LogP) is 9.29. The van der Waals surface area contributed by atoms with Crippen molar-refractivity contribution in [2.24, 2.45) is 0 Å². The Kier molecular flexibility index (Phi) is 14.1. The number of carbonyl (C=O) groups excluding carboxylic acids is 3. The number of carboxylic acid groups (broad SMARTS) is 3. The number of benzene rings is 7. The van der Waals surface area contributed by atoms with E-state index in [0.717, 1.165) is 66.8 Å². The average Bonchev–Trinajstić information content (AvgIpc) is 4.04. The Bertz CT molecular complexity index is 2870. The van der Waals surface area contributed by atoms with Gasteiger partial charge in [0.2, 0.25) is 0 Å². The lowest BCUT2D eigenvalue weighted by atomic mass is 9.94. The van der Waals surface area contributed by atoms with E-state index in [1.165, 1.54) is 18.2 Å². The van der Waals surface area contributed by atoms with E-state index in [1.54, 1.807) is 0 Å². The number of carboxylic acids is 3. The van der Waals surface area contributed by atoms with Gasteiger partial charge in [0, 0.05) is 37.0 Å². The zero-order valence-electron chi connectivity index (χ0n) is 40.3. The number of nitrogens with one attached hydrogen (secondary N) is 3. The van der Waals surface area contributed by atoms with E-state index < -0.39 is 54.3 Å². The first-order valence-electron chi connectivity index (χ1n) is 24.5. The zero-order chi connectivity index (χ0) is 52.2. The Morgan fingerprint density at radius 2 is 0.547 bits per heavy atom. The van der Waals surface area contributed by atoms with E-state index in [4.69, 9.17) is 14.2 Å². The van der Waals surface area contributed by atoms with Crippen molar-refractivity contribution in [1.29, 1.82) is 0 Å². The molecule has 0 saturated heterocycles. The van der Waals surface area contributed by atoms with Gasteiger partial charge in [0.05, 0.1) is 0 Å². The number of fused-ring (bicyclic) bond motifs is 9. The molecule has 3 atom stereocenters. The quantitative estimate of drug-likeness (QED) is 0.0442. The van der Waals surface area contributed by atoms with Crippen molar-refractivity contribution in [3.8, 4) is 33.4 Å². The van der Waals surface area contributed by atoms with Gasteiger partial charge in [-0.1, -0.05) is 164 Å². The molecule has 0 aliphatic heterocycles. The number of rotatable bonds is 18. The lowest BCUT2D eigenvalue weighted by Gasteiger charge is -2.21. The highest BCUT2D eigenvalue weighted by molar-refractivity contribution is 5.84. The van der Waals surface area contributed by atoms with Crippen LogP contribution >= 0.6 is 0 Å². The summed E-state index contributed by atoms with van der Waals surface area (Å²) in [5, 5.41) is 38.6. The molecule has 7 aromatic rings. The first kappa shape index (κ1) is 49.3. The first-order chi connectivity index (χ1) is 36.4. The molecule has 0 bridgehead atoms. The molecule has 7 aromatic carbocycles. The summed E-state index contributed by atoms with van der Waals surface area (Å²) in [6.45, 7) is -0.231. The van der Waals surface area contributed by atoms with Gasteiger partial charge in [-0.05, 0) is 83.5 Å². The molecule has 378 valence electrons. The summed E-state index contributed by atoms with van der Waals surface area (Å²) >= 11 is 0. The monoisotopic (exact) mass is 1010 g/mol. The van der Waals surface area contributed by atoms with Crippen LogP contribution in [0, 0.1) is 0 Å². The van der Waals surface area contributed by atoms with Crippen molar-refractivity contribution in [1.82, 2.24) is 16.0 Å². The second-order valence-corrected chi connectivity index (χ2v) is 18.9. The molecule has 3 aliphatic rings. The molecule has 0 radical (unpaired) electrons. The molecule has 3 aliphatic carbocycles. The van der Waals surface area contributed by atoms with Crippen LogP contribution in [0.1, 0.15) is 67.8 Å². The fourth-order valence-corrected chi connectivity index (χ4v) is 10.8. The SMILES string of the molecule is O=C(N[C@@H](Cc1cc(C[C@H](NC(=O)OCC2c3ccccc3-c3ccccc32)C(=O)O)cc(C[C@H](NC(=O)OCC2c3ccccc3-c3ccccc32)C(=O)O)c1)C(=O)O)OCC1c2ccccc2-c2ccccc21. The van der Waals surface area contributed by atoms with Crippen molar-refractivity contribution in [3.63, 3.8) is 0 Å². The van der Waals surface area contributed by atoms with Crippen molar-refractivity contribution in [2.45, 2.75) is 55.1 Å². The molecule has 15 nitrogen and oxygen atoms in total. The standard InChI is InChI=1S/C60H51N3O12/c64-55(65)52(61-58(70)73-31-49-43-19-7-1-13-37(43)38-14-2-8-20-44(38)49)28-34-25-35(29-53(56(66)67)62-59(71)74-32-50-45-21-9-3-15-39(45)40-16-4-10-22-46(40)50)27-36(26-34)30-54(57(68)69)63-60(72)75-33-51-47-23-11-5-17-41(47)42-18-6-12-24-48(42)51/h1-27,49-54H,28-33H2,(H,61,70)(H,62,71)(H,63,72)(H,64,65)(H,66,67)(H,68,69)/t52-,53-,54-/m0/s1. The van der Waals surface area contributed by atoms with Gasteiger partial charge < -0.3 is 45.5 Å². The molecule has 75 heavy (non-hydrogen) atoms. The van der Waals surface area contributed by atoms with Gasteiger partial charge in [-0.25, -0.2) is 28.8 Å². The van der Waals surface area contributed by atoms with E-state index in [-0.39, 0.29) is 73.5 Å². The number of hydrogen-bond acceptors (Lipinski definition) is 9. The molecule has 0 spiro atoms. The van der Waals surface area contributed by atoms with Crippen molar-refractivity contribution < 1.29 is 58.3 Å². The van der Waals surface area contributed by atoms with Gasteiger partial charge >= 0.3 is 36.2 Å². The Morgan fingerprint density at radius 3 is 0.747 bits per heavy atom. The molecular weight excluding hydrogens is 955 g/mol. The summed E-state index contributed by atoms with van der Waals surface area (Å²) in [6, 6.07) is 46.5. The summed E-state index contributed by atoms with van der Waals surface area (Å²) in [6.07, 6.45) is -4.02. The van der Waals surface area contributed by atoms with E-state index in [0.29, 0.717) is 0 Å². The topological polar surface area (TPSA) is 227 Å². The maximum Gasteiger partial charge on any atom is 0.407 e. The van der Waals surface area contributed by atoms with Crippen molar-refractivity contribution in [3.05, 3.63) is 214 Å². The van der Waals surface area contributed by atoms with Gasteiger partial charge in [0.1, 0.15) is 37.9 Å². The fraction of sp³-hybridized carbons (Fsp3) is 0.200. The van der Waals surface area contributed by atoms with Crippen LogP contribution in [0.25, 0.3) is 33.4 Å². The largest absolute Gasteiger partial charge is 0.480 e. The van der Waals surface area contributed by atoms with Crippen LogP contribution in [0.15, 0.2) is 164 Å². The smallest absolute Gasteiger partial charge is 0.407 e. The molecule has 3 amide bonds.